The lowest BCUT2D eigenvalue weighted by Crippen LogP contribution is -2.33. The van der Waals surface area contributed by atoms with Gasteiger partial charge in [0.25, 0.3) is 0 Å². The molecule has 2 N–H and O–H groups in total. The van der Waals surface area contributed by atoms with E-state index in [1.54, 1.807) is 0 Å². The number of anilines is 1. The van der Waals surface area contributed by atoms with Crippen molar-refractivity contribution in [3.63, 3.8) is 0 Å². The van der Waals surface area contributed by atoms with E-state index in [0.29, 0.717) is 17.1 Å². The fourth-order valence-electron chi connectivity index (χ4n) is 2.71. The molecule has 3 aromatic carbocycles. The highest BCUT2D eigenvalue weighted by Crippen LogP contribution is 2.20. The Morgan fingerprint density at radius 1 is 0.808 bits per heavy atom. The van der Waals surface area contributed by atoms with Crippen LogP contribution in [0.15, 0.2) is 91.0 Å². The fourth-order valence-corrected chi connectivity index (χ4v) is 2.97. The second-order valence-corrected chi connectivity index (χ2v) is 6.33. The van der Waals surface area contributed by atoms with E-state index >= 15 is 0 Å². The van der Waals surface area contributed by atoms with Crippen LogP contribution in [0.3, 0.4) is 0 Å². The molecule has 4 heteroatoms. The quantitative estimate of drug-likeness (QED) is 0.480. The number of carbonyl (C=O) groups excluding carboxylic acids is 1. The standard InChI is InChI=1S/C22H20N2OS/c25-21(18-12-6-2-7-13-18)16-20(17-10-4-1-5-11-17)24-22(26)23-19-14-8-3-9-15-19/h1-15,20H,16H2,(H2,23,24,26)/t20-/m0/s1. The van der Waals surface area contributed by atoms with Crippen LogP contribution in [0, 0.1) is 0 Å². The molecular weight excluding hydrogens is 340 g/mol. The van der Waals surface area contributed by atoms with Crippen molar-refractivity contribution in [3.8, 4) is 0 Å². The van der Waals surface area contributed by atoms with Gasteiger partial charge in [0.1, 0.15) is 0 Å². The first kappa shape index (κ1) is 17.8. The molecule has 0 radical (unpaired) electrons. The molecule has 130 valence electrons. The van der Waals surface area contributed by atoms with Crippen molar-refractivity contribution in [3.05, 3.63) is 102 Å². The van der Waals surface area contributed by atoms with Crippen molar-refractivity contribution in [2.24, 2.45) is 0 Å². The normalized spacial score (nSPS) is 11.4. The van der Waals surface area contributed by atoms with Gasteiger partial charge in [0, 0.05) is 17.7 Å². The van der Waals surface area contributed by atoms with E-state index in [1.165, 1.54) is 0 Å². The number of benzene rings is 3. The summed E-state index contributed by atoms with van der Waals surface area (Å²) in [4.78, 5) is 12.7. The van der Waals surface area contributed by atoms with Gasteiger partial charge in [-0.25, -0.2) is 0 Å². The lowest BCUT2D eigenvalue weighted by molar-refractivity contribution is 0.0971. The summed E-state index contributed by atoms with van der Waals surface area (Å²) in [5.41, 5.74) is 2.64. The molecule has 0 fully saturated rings. The number of carbonyl (C=O) groups is 1. The van der Waals surface area contributed by atoms with Crippen LogP contribution in [0.2, 0.25) is 0 Å². The molecule has 0 heterocycles. The molecule has 1 atom stereocenters. The first-order chi connectivity index (χ1) is 12.7. The third-order valence-electron chi connectivity index (χ3n) is 4.02. The van der Waals surface area contributed by atoms with Crippen molar-refractivity contribution >= 4 is 28.8 Å². The summed E-state index contributed by atoms with van der Waals surface area (Å²) in [7, 11) is 0. The van der Waals surface area contributed by atoms with E-state index in [2.05, 4.69) is 10.6 Å². The molecule has 0 saturated heterocycles. The van der Waals surface area contributed by atoms with Gasteiger partial charge < -0.3 is 10.6 Å². The molecule has 0 aromatic heterocycles. The molecule has 0 aliphatic rings. The minimum absolute atomic E-state index is 0.0782. The number of ketones is 1. The van der Waals surface area contributed by atoms with Gasteiger partial charge in [-0.15, -0.1) is 0 Å². The van der Waals surface area contributed by atoms with Gasteiger partial charge in [-0.3, -0.25) is 4.79 Å². The molecule has 0 amide bonds. The van der Waals surface area contributed by atoms with E-state index in [9.17, 15) is 4.79 Å². The third kappa shape index (κ3) is 5.01. The lowest BCUT2D eigenvalue weighted by Gasteiger charge is -2.21. The van der Waals surface area contributed by atoms with Crippen molar-refractivity contribution in [2.45, 2.75) is 12.5 Å². The molecule has 3 aromatic rings. The average molecular weight is 360 g/mol. The molecule has 0 spiro atoms. The van der Waals surface area contributed by atoms with Gasteiger partial charge in [0.15, 0.2) is 10.9 Å². The molecule has 3 rings (SSSR count). The van der Waals surface area contributed by atoms with Crippen LogP contribution in [-0.4, -0.2) is 10.9 Å². The Kier molecular flexibility index (Phi) is 6.12. The summed E-state index contributed by atoms with van der Waals surface area (Å²) in [6.07, 6.45) is 0.324. The largest absolute Gasteiger partial charge is 0.355 e. The smallest absolute Gasteiger partial charge is 0.171 e. The Morgan fingerprint density at radius 2 is 1.35 bits per heavy atom. The van der Waals surface area contributed by atoms with Crippen molar-refractivity contribution in [1.29, 1.82) is 0 Å². The summed E-state index contributed by atoms with van der Waals surface area (Å²) >= 11 is 5.45. The molecule has 0 saturated carbocycles. The average Bonchev–Trinajstić information content (AvgIpc) is 2.69. The van der Waals surface area contributed by atoms with Crippen molar-refractivity contribution in [1.82, 2.24) is 5.32 Å². The lowest BCUT2D eigenvalue weighted by atomic mass is 9.98. The Labute approximate surface area is 159 Å². The Balaban J connectivity index is 1.73. The summed E-state index contributed by atoms with van der Waals surface area (Å²) in [6, 6.07) is 28.7. The van der Waals surface area contributed by atoms with Crippen molar-refractivity contribution < 1.29 is 4.79 Å². The first-order valence-corrected chi connectivity index (χ1v) is 8.89. The fraction of sp³-hybridized carbons (Fsp3) is 0.0909. The van der Waals surface area contributed by atoms with E-state index in [4.69, 9.17) is 12.2 Å². The van der Waals surface area contributed by atoms with E-state index in [1.807, 2.05) is 91.0 Å². The molecule has 26 heavy (non-hydrogen) atoms. The van der Waals surface area contributed by atoms with Gasteiger partial charge in [0.2, 0.25) is 0 Å². The highest BCUT2D eigenvalue weighted by Gasteiger charge is 2.18. The second kappa shape index (κ2) is 8.92. The summed E-state index contributed by atoms with van der Waals surface area (Å²) in [5, 5.41) is 6.94. The second-order valence-electron chi connectivity index (χ2n) is 5.92. The van der Waals surface area contributed by atoms with Gasteiger partial charge in [0.05, 0.1) is 6.04 Å². The number of thiocarbonyl (C=S) groups is 1. The molecule has 0 unspecified atom stereocenters. The Morgan fingerprint density at radius 3 is 1.96 bits per heavy atom. The molecule has 0 aliphatic carbocycles. The zero-order valence-corrected chi connectivity index (χ0v) is 15.1. The maximum absolute atomic E-state index is 12.7. The summed E-state index contributed by atoms with van der Waals surface area (Å²) in [5.74, 6) is 0.0782. The number of para-hydroxylation sites is 1. The van der Waals surface area contributed by atoms with Gasteiger partial charge in [-0.2, -0.15) is 0 Å². The third-order valence-corrected chi connectivity index (χ3v) is 4.24. The van der Waals surface area contributed by atoms with E-state index in [-0.39, 0.29) is 11.8 Å². The van der Waals surface area contributed by atoms with E-state index < -0.39 is 0 Å². The first-order valence-electron chi connectivity index (χ1n) is 8.48. The highest BCUT2D eigenvalue weighted by molar-refractivity contribution is 7.80. The minimum Gasteiger partial charge on any atom is -0.355 e. The molecule has 0 bridgehead atoms. The zero-order valence-electron chi connectivity index (χ0n) is 14.3. The number of hydrogen-bond donors (Lipinski definition) is 2. The molecular formula is C22H20N2OS. The van der Waals surface area contributed by atoms with Crippen LogP contribution >= 0.6 is 12.2 Å². The summed E-state index contributed by atoms with van der Waals surface area (Å²) < 4.78 is 0. The zero-order chi connectivity index (χ0) is 18.2. The van der Waals surface area contributed by atoms with Crippen LogP contribution in [-0.2, 0) is 0 Å². The van der Waals surface area contributed by atoms with E-state index in [0.717, 1.165) is 11.3 Å². The van der Waals surface area contributed by atoms with Gasteiger partial charge in [-0.1, -0.05) is 78.9 Å². The topological polar surface area (TPSA) is 41.1 Å². The van der Waals surface area contributed by atoms with Crippen LogP contribution in [0.5, 0.6) is 0 Å². The highest BCUT2D eigenvalue weighted by atomic mass is 32.1. The molecule has 3 nitrogen and oxygen atoms in total. The number of Topliss-reactive ketones (excluding diaryl/α,β-unsaturated/α-hetero) is 1. The predicted octanol–water partition coefficient (Wildman–Crippen LogP) is 4.99. The molecule has 0 aliphatic heterocycles. The SMILES string of the molecule is O=C(C[C@H](NC(=S)Nc1ccccc1)c1ccccc1)c1ccccc1. The van der Waals surface area contributed by atoms with Crippen molar-refractivity contribution in [2.75, 3.05) is 5.32 Å². The number of rotatable bonds is 6. The van der Waals surface area contributed by atoms with Gasteiger partial charge >= 0.3 is 0 Å². The Bertz CT molecular complexity index is 851. The van der Waals surface area contributed by atoms with Crippen LogP contribution in [0.4, 0.5) is 5.69 Å². The number of nitrogens with one attached hydrogen (secondary N) is 2. The predicted molar refractivity (Wildman–Crippen MR) is 110 cm³/mol. The van der Waals surface area contributed by atoms with Crippen LogP contribution in [0.1, 0.15) is 28.4 Å². The maximum atomic E-state index is 12.7. The summed E-state index contributed by atoms with van der Waals surface area (Å²) in [6.45, 7) is 0. The maximum Gasteiger partial charge on any atom is 0.171 e. The van der Waals surface area contributed by atoms with Gasteiger partial charge in [-0.05, 0) is 29.9 Å². The monoisotopic (exact) mass is 360 g/mol. The Hall–Kier alpha value is -2.98. The van der Waals surface area contributed by atoms with Crippen LogP contribution in [0.25, 0.3) is 0 Å². The van der Waals surface area contributed by atoms with Crippen LogP contribution < -0.4 is 10.6 Å². The number of hydrogen-bond acceptors (Lipinski definition) is 2. The minimum atomic E-state index is -0.201.